The summed E-state index contributed by atoms with van der Waals surface area (Å²) < 4.78 is 86.6. The number of hydrogen-bond donors (Lipinski definition) is 0. The van der Waals surface area contributed by atoms with Crippen molar-refractivity contribution in [1.29, 1.82) is 0 Å². The molecule has 0 saturated heterocycles. The Bertz CT molecular complexity index is 741. The zero-order chi connectivity index (χ0) is 20.1. The van der Waals surface area contributed by atoms with E-state index in [1.807, 2.05) is 6.92 Å². The van der Waals surface area contributed by atoms with Gasteiger partial charge in [-0.25, -0.2) is 4.39 Å². The Balaban J connectivity index is 1.93. The lowest BCUT2D eigenvalue weighted by molar-refractivity contribution is -0.274. The largest absolute Gasteiger partial charge is 0.573 e. The molecule has 27 heavy (non-hydrogen) atoms. The van der Waals surface area contributed by atoms with E-state index in [9.17, 15) is 26.3 Å². The summed E-state index contributed by atoms with van der Waals surface area (Å²) in [6.07, 6.45) is -7.26. The van der Waals surface area contributed by atoms with Crippen LogP contribution in [0.25, 0.3) is 0 Å². The second kappa shape index (κ2) is 8.65. The second-order valence-electron chi connectivity index (χ2n) is 5.87. The van der Waals surface area contributed by atoms with E-state index in [2.05, 4.69) is 9.47 Å². The van der Waals surface area contributed by atoms with Gasteiger partial charge < -0.3 is 9.47 Å². The van der Waals surface area contributed by atoms with Crippen molar-refractivity contribution in [2.45, 2.75) is 38.7 Å². The maximum Gasteiger partial charge on any atom is 0.573 e. The van der Waals surface area contributed by atoms with Crippen LogP contribution in [0.1, 0.15) is 30.0 Å². The third kappa shape index (κ3) is 6.46. The molecule has 0 radical (unpaired) electrons. The fraction of sp³-hybridized carbons (Fsp3) is 0.368. The molecule has 0 saturated carbocycles. The molecule has 2 nitrogen and oxygen atoms in total. The average Bonchev–Trinajstić information content (AvgIpc) is 2.55. The first-order chi connectivity index (χ1) is 12.6. The van der Waals surface area contributed by atoms with Crippen molar-refractivity contribution in [3.05, 3.63) is 65.0 Å². The van der Waals surface area contributed by atoms with Gasteiger partial charge in [-0.05, 0) is 48.2 Å². The lowest BCUT2D eigenvalue weighted by atomic mass is 10.1. The third-order valence-corrected chi connectivity index (χ3v) is 3.72. The molecular formula is C19H18F6O2. The summed E-state index contributed by atoms with van der Waals surface area (Å²) in [6.45, 7) is 1.45. The van der Waals surface area contributed by atoms with Crippen molar-refractivity contribution < 1.29 is 35.8 Å². The molecule has 2 rings (SSSR count). The predicted molar refractivity (Wildman–Crippen MR) is 87.1 cm³/mol. The number of aryl methyl sites for hydroxylation is 1. The highest BCUT2D eigenvalue weighted by Crippen LogP contribution is 2.32. The van der Waals surface area contributed by atoms with Gasteiger partial charge in [-0.2, -0.15) is 8.78 Å². The smallest absolute Gasteiger partial charge is 0.406 e. The minimum absolute atomic E-state index is 0.0113. The fourth-order valence-electron chi connectivity index (χ4n) is 2.47. The van der Waals surface area contributed by atoms with E-state index in [1.54, 1.807) is 0 Å². The van der Waals surface area contributed by atoms with Gasteiger partial charge in [0.05, 0.1) is 12.2 Å². The molecule has 2 aromatic carbocycles. The van der Waals surface area contributed by atoms with Gasteiger partial charge in [-0.3, -0.25) is 0 Å². The minimum Gasteiger partial charge on any atom is -0.406 e. The van der Waals surface area contributed by atoms with Crippen LogP contribution in [0.3, 0.4) is 0 Å². The van der Waals surface area contributed by atoms with Crippen molar-refractivity contribution in [2.75, 3.05) is 6.61 Å². The monoisotopic (exact) mass is 392 g/mol. The Morgan fingerprint density at radius 2 is 1.48 bits per heavy atom. The number of benzene rings is 2. The Morgan fingerprint density at radius 3 is 2.04 bits per heavy atom. The quantitative estimate of drug-likeness (QED) is 0.514. The third-order valence-electron chi connectivity index (χ3n) is 3.72. The molecule has 0 heterocycles. The van der Waals surface area contributed by atoms with E-state index in [0.717, 1.165) is 30.7 Å². The molecule has 0 N–H and O–H groups in total. The highest BCUT2D eigenvalue weighted by Gasteiger charge is 2.36. The topological polar surface area (TPSA) is 18.5 Å². The first-order valence-corrected chi connectivity index (χ1v) is 8.26. The number of hydrogen-bond acceptors (Lipinski definition) is 2. The molecular weight excluding hydrogens is 374 g/mol. The molecule has 0 amide bonds. The Kier molecular flexibility index (Phi) is 6.75. The summed E-state index contributed by atoms with van der Waals surface area (Å²) >= 11 is 0. The van der Waals surface area contributed by atoms with Gasteiger partial charge in [-0.1, -0.05) is 31.5 Å². The summed E-state index contributed by atoms with van der Waals surface area (Å²) in [4.78, 5) is 0. The van der Waals surface area contributed by atoms with E-state index in [0.29, 0.717) is 17.5 Å². The van der Waals surface area contributed by atoms with Crippen LogP contribution in [0.2, 0.25) is 0 Å². The molecule has 2 aromatic rings. The van der Waals surface area contributed by atoms with Crippen molar-refractivity contribution in [3.8, 4) is 5.75 Å². The molecule has 0 aliphatic heterocycles. The van der Waals surface area contributed by atoms with Crippen molar-refractivity contribution in [1.82, 2.24) is 0 Å². The molecule has 0 unspecified atom stereocenters. The highest BCUT2D eigenvalue weighted by atomic mass is 19.4. The van der Waals surface area contributed by atoms with Gasteiger partial charge in [0.1, 0.15) is 11.6 Å². The zero-order valence-corrected chi connectivity index (χ0v) is 14.5. The summed E-state index contributed by atoms with van der Waals surface area (Å²) in [6, 6.07) is 8.27. The molecule has 8 heteroatoms. The van der Waals surface area contributed by atoms with Crippen LogP contribution in [-0.2, 0) is 23.7 Å². The first kappa shape index (κ1) is 21.1. The maximum atomic E-state index is 14.1. The first-order valence-electron chi connectivity index (χ1n) is 8.26. The fourth-order valence-corrected chi connectivity index (χ4v) is 2.47. The SMILES string of the molecule is CCCc1ccc(C(F)(F)OCCc2ccc(OC(F)(F)F)cc2)c(F)c1. The van der Waals surface area contributed by atoms with E-state index < -0.39 is 36.2 Å². The molecule has 0 aliphatic carbocycles. The molecule has 0 aliphatic rings. The van der Waals surface area contributed by atoms with Gasteiger partial charge in [0.25, 0.3) is 0 Å². The zero-order valence-electron chi connectivity index (χ0n) is 14.5. The lowest BCUT2D eigenvalue weighted by Gasteiger charge is -2.18. The molecule has 0 bridgehead atoms. The lowest BCUT2D eigenvalue weighted by Crippen LogP contribution is -2.21. The molecule has 0 fully saturated rings. The van der Waals surface area contributed by atoms with Crippen LogP contribution in [0.4, 0.5) is 26.3 Å². The Labute approximate surface area is 152 Å². The number of alkyl halides is 5. The van der Waals surface area contributed by atoms with Gasteiger partial charge >= 0.3 is 12.5 Å². The second-order valence-corrected chi connectivity index (χ2v) is 5.87. The van der Waals surface area contributed by atoms with E-state index in [4.69, 9.17) is 0 Å². The molecule has 148 valence electrons. The van der Waals surface area contributed by atoms with Crippen molar-refractivity contribution in [3.63, 3.8) is 0 Å². The van der Waals surface area contributed by atoms with Crippen LogP contribution in [0.15, 0.2) is 42.5 Å². The summed E-state index contributed by atoms with van der Waals surface area (Å²) in [5.74, 6) is -1.45. The van der Waals surface area contributed by atoms with Crippen LogP contribution in [0.5, 0.6) is 5.75 Å². The number of halogens is 6. The van der Waals surface area contributed by atoms with Crippen LogP contribution >= 0.6 is 0 Å². The maximum absolute atomic E-state index is 14.1. The summed E-state index contributed by atoms with van der Waals surface area (Å²) in [5.41, 5.74) is 0.242. The van der Waals surface area contributed by atoms with Gasteiger partial charge in [0.2, 0.25) is 0 Å². The van der Waals surface area contributed by atoms with Crippen LogP contribution in [-0.4, -0.2) is 13.0 Å². The van der Waals surface area contributed by atoms with E-state index in [-0.39, 0.29) is 6.42 Å². The molecule has 0 atom stereocenters. The summed E-state index contributed by atoms with van der Waals surface area (Å²) in [5, 5.41) is 0. The average molecular weight is 392 g/mol. The van der Waals surface area contributed by atoms with Gasteiger partial charge in [0, 0.05) is 0 Å². The highest BCUT2D eigenvalue weighted by molar-refractivity contribution is 5.28. The standard InChI is InChI=1S/C19H18F6O2/c1-2-3-14-6-9-16(17(20)12-14)18(21,22)26-11-10-13-4-7-15(8-5-13)27-19(23,24)25/h4-9,12H,2-3,10-11H2,1H3. The Morgan fingerprint density at radius 1 is 0.852 bits per heavy atom. The summed E-state index contributed by atoms with van der Waals surface area (Å²) in [7, 11) is 0. The van der Waals surface area contributed by atoms with Gasteiger partial charge in [-0.15, -0.1) is 13.2 Å². The normalized spacial score (nSPS) is 12.3. The minimum atomic E-state index is -4.80. The van der Waals surface area contributed by atoms with Crippen molar-refractivity contribution >= 4 is 0 Å². The van der Waals surface area contributed by atoms with E-state index >= 15 is 0 Å². The van der Waals surface area contributed by atoms with Gasteiger partial charge in [0.15, 0.2) is 0 Å². The van der Waals surface area contributed by atoms with Crippen molar-refractivity contribution in [2.24, 2.45) is 0 Å². The van der Waals surface area contributed by atoms with Crippen LogP contribution < -0.4 is 4.74 Å². The van der Waals surface area contributed by atoms with Crippen LogP contribution in [0, 0.1) is 5.82 Å². The number of rotatable bonds is 8. The molecule has 0 aromatic heterocycles. The Hall–Kier alpha value is -2.22. The number of ether oxygens (including phenoxy) is 2. The van der Waals surface area contributed by atoms with E-state index in [1.165, 1.54) is 18.2 Å². The molecule has 0 spiro atoms. The predicted octanol–water partition coefficient (Wildman–Crippen LogP) is 5.99.